The fourth-order valence-corrected chi connectivity index (χ4v) is 2.79. The van der Waals surface area contributed by atoms with Crippen LogP contribution in [0, 0.1) is 5.92 Å². The maximum absolute atomic E-state index is 9.26. The number of anilines is 2. The number of rotatable bonds is 4. The van der Waals surface area contributed by atoms with Gasteiger partial charge in [0.25, 0.3) is 0 Å². The molecular formula is C14H21N6O4P. The fourth-order valence-electron chi connectivity index (χ4n) is 2.79. The second-order valence-electron chi connectivity index (χ2n) is 6.09. The van der Waals surface area contributed by atoms with Gasteiger partial charge in [0.1, 0.15) is 0 Å². The lowest BCUT2D eigenvalue weighted by Gasteiger charge is -2.13. The van der Waals surface area contributed by atoms with Gasteiger partial charge in [0, 0.05) is 18.6 Å². The number of nitrogens with zero attached hydrogens (tertiary/aromatic N) is 4. The summed E-state index contributed by atoms with van der Waals surface area (Å²) in [7, 11) is -3.13. The normalized spacial score (nSPS) is 22.2. The van der Waals surface area contributed by atoms with Crippen LogP contribution in [0.3, 0.4) is 0 Å². The van der Waals surface area contributed by atoms with Crippen LogP contribution in [0.15, 0.2) is 18.5 Å². The lowest BCUT2D eigenvalue weighted by molar-refractivity contribution is 0.244. The summed E-state index contributed by atoms with van der Waals surface area (Å²) in [6, 6.07) is 0.646. The summed E-state index contributed by atoms with van der Waals surface area (Å²) in [6.07, 6.45) is 9.10. The van der Waals surface area contributed by atoms with Gasteiger partial charge in [-0.15, -0.1) is 0 Å². The quantitative estimate of drug-likeness (QED) is 0.381. The Balaban J connectivity index is 0.000000415. The first-order valence-electron chi connectivity index (χ1n) is 7.95. The Hall–Kier alpha value is -2.00. The number of hydrogen-bond acceptors (Lipinski definition) is 7. The molecule has 11 heteroatoms. The van der Waals surface area contributed by atoms with Gasteiger partial charge in [-0.3, -0.25) is 4.57 Å². The molecule has 2 aliphatic rings. The highest BCUT2D eigenvalue weighted by Crippen LogP contribution is 2.32. The Kier molecular flexibility index (Phi) is 5.33. The number of hydrogen-bond donors (Lipinski definition) is 5. The van der Waals surface area contributed by atoms with Crippen molar-refractivity contribution in [2.45, 2.75) is 31.3 Å². The molecule has 0 unspecified atom stereocenters. The Morgan fingerprint density at radius 3 is 2.64 bits per heavy atom. The Bertz CT molecular complexity index is 802. The molecule has 25 heavy (non-hydrogen) atoms. The number of fused-ring (bicyclic) bond motifs is 1. The van der Waals surface area contributed by atoms with Crippen molar-refractivity contribution in [3.63, 3.8) is 0 Å². The highest BCUT2D eigenvalue weighted by atomic mass is 31.1. The van der Waals surface area contributed by atoms with E-state index in [-0.39, 0.29) is 24.5 Å². The Morgan fingerprint density at radius 2 is 2.04 bits per heavy atom. The summed E-state index contributed by atoms with van der Waals surface area (Å²) in [5, 5.41) is 12.6. The first-order valence-corrected chi connectivity index (χ1v) is 9.26. The van der Waals surface area contributed by atoms with E-state index in [1.807, 2.05) is 10.6 Å². The van der Waals surface area contributed by atoms with Crippen LogP contribution in [0.1, 0.15) is 25.3 Å². The molecule has 0 radical (unpaired) electrons. The minimum absolute atomic E-state index is 0.162. The maximum Gasteiger partial charge on any atom is 0.314 e. The molecule has 6 N–H and O–H groups in total. The molecule has 0 aliphatic heterocycles. The van der Waals surface area contributed by atoms with Crippen LogP contribution in [0.25, 0.3) is 11.2 Å². The number of aliphatic hydroxyl groups is 1. The lowest BCUT2D eigenvalue weighted by atomic mass is 10.1. The summed E-state index contributed by atoms with van der Waals surface area (Å²) in [5.74, 6) is 1.18. The van der Waals surface area contributed by atoms with Gasteiger partial charge in [-0.1, -0.05) is 12.2 Å². The molecule has 0 amide bonds. The van der Waals surface area contributed by atoms with Crippen molar-refractivity contribution in [1.82, 2.24) is 19.5 Å². The molecule has 2 aromatic rings. The van der Waals surface area contributed by atoms with E-state index in [2.05, 4.69) is 26.3 Å². The molecule has 1 fully saturated rings. The number of nitrogens with one attached hydrogen (secondary N) is 1. The van der Waals surface area contributed by atoms with Crippen molar-refractivity contribution in [2.75, 3.05) is 17.7 Å². The summed E-state index contributed by atoms with van der Waals surface area (Å²) in [6.45, 7) is 0.172. The van der Waals surface area contributed by atoms with Gasteiger partial charge in [-0.25, -0.2) is 4.98 Å². The molecule has 2 aliphatic carbocycles. The Labute approximate surface area is 144 Å². The van der Waals surface area contributed by atoms with Crippen LogP contribution in [0.5, 0.6) is 0 Å². The van der Waals surface area contributed by atoms with Crippen LogP contribution in [0.4, 0.5) is 11.8 Å². The predicted octanol–water partition coefficient (Wildman–Crippen LogP) is 0.453. The van der Waals surface area contributed by atoms with Crippen LogP contribution in [0.2, 0.25) is 0 Å². The highest BCUT2D eigenvalue weighted by Gasteiger charge is 2.26. The van der Waals surface area contributed by atoms with E-state index in [0.717, 1.165) is 36.2 Å². The molecule has 2 aromatic heterocycles. The second kappa shape index (κ2) is 7.49. The van der Waals surface area contributed by atoms with Crippen molar-refractivity contribution >= 4 is 31.2 Å². The zero-order valence-corrected chi connectivity index (χ0v) is 14.4. The first kappa shape index (κ1) is 17.8. The third-order valence-corrected chi connectivity index (χ3v) is 4.10. The molecule has 2 heterocycles. The number of nitrogen functional groups attached to an aromatic ring is 1. The standard InChI is InChI=1S/C14H18N6O.H3O3P/c15-14-18-12(17-9-2-3-9)11-13(19-14)20(7-16-11)10-4-1-8(5-10)6-21;1-4(2)3/h1,4,7-10,21H,2-3,5-6H2,(H3,15,17,18,19);4H,(H2,1,2,3)/t8-,10+;/m1./s1. The molecule has 2 atom stereocenters. The summed E-state index contributed by atoms with van der Waals surface area (Å²) in [4.78, 5) is 27.4. The van der Waals surface area contributed by atoms with E-state index in [4.69, 9.17) is 20.1 Å². The average molecular weight is 368 g/mol. The maximum atomic E-state index is 9.26. The topological polar surface area (TPSA) is 159 Å². The Morgan fingerprint density at radius 1 is 1.32 bits per heavy atom. The van der Waals surface area contributed by atoms with E-state index < -0.39 is 8.25 Å². The average Bonchev–Trinajstić information content (AvgIpc) is 3.08. The van der Waals surface area contributed by atoms with Crippen LogP contribution in [-0.2, 0) is 4.57 Å². The SMILES string of the molecule is Nc1nc(NC2CC2)c2ncn([C@H]3C=C[C@@H](CO)C3)c2n1.O=[PH](O)O. The van der Waals surface area contributed by atoms with E-state index in [0.29, 0.717) is 6.04 Å². The van der Waals surface area contributed by atoms with E-state index in [1.54, 1.807) is 6.33 Å². The van der Waals surface area contributed by atoms with Crippen molar-refractivity contribution in [1.29, 1.82) is 0 Å². The fraction of sp³-hybridized carbons (Fsp3) is 0.500. The largest absolute Gasteiger partial charge is 0.396 e. The second-order valence-corrected chi connectivity index (χ2v) is 6.65. The van der Waals surface area contributed by atoms with Crippen LogP contribution >= 0.6 is 8.25 Å². The van der Waals surface area contributed by atoms with Crippen molar-refractivity contribution in [3.8, 4) is 0 Å². The number of nitrogens with two attached hydrogens (primary N) is 1. The molecule has 136 valence electrons. The molecule has 0 bridgehead atoms. The molecule has 0 saturated heterocycles. The van der Waals surface area contributed by atoms with Crippen LogP contribution in [-0.4, -0.2) is 47.1 Å². The third-order valence-electron chi connectivity index (χ3n) is 4.10. The zero-order chi connectivity index (χ0) is 18.0. The number of aromatic nitrogens is 4. The van der Waals surface area contributed by atoms with E-state index >= 15 is 0 Å². The van der Waals surface area contributed by atoms with Gasteiger partial charge < -0.3 is 30.5 Å². The molecular weight excluding hydrogens is 347 g/mol. The highest BCUT2D eigenvalue weighted by molar-refractivity contribution is 7.30. The number of imidazole rings is 1. The van der Waals surface area contributed by atoms with Crippen molar-refractivity contribution < 1.29 is 19.5 Å². The minimum Gasteiger partial charge on any atom is -0.396 e. The summed E-state index contributed by atoms with van der Waals surface area (Å²) in [5.41, 5.74) is 7.35. The molecule has 10 nitrogen and oxygen atoms in total. The monoisotopic (exact) mass is 368 g/mol. The smallest absolute Gasteiger partial charge is 0.314 e. The van der Waals surface area contributed by atoms with E-state index in [9.17, 15) is 5.11 Å². The summed E-state index contributed by atoms with van der Waals surface area (Å²) >= 11 is 0. The van der Waals surface area contributed by atoms with E-state index in [1.165, 1.54) is 0 Å². The third kappa shape index (κ3) is 4.35. The number of allylic oxidation sites excluding steroid dienone is 1. The van der Waals surface area contributed by atoms with Gasteiger partial charge in [0.2, 0.25) is 5.95 Å². The molecule has 0 aromatic carbocycles. The van der Waals surface area contributed by atoms with Gasteiger partial charge in [-0.2, -0.15) is 9.97 Å². The van der Waals surface area contributed by atoms with Gasteiger partial charge in [0.05, 0.1) is 12.4 Å². The zero-order valence-electron chi connectivity index (χ0n) is 13.4. The number of aliphatic hydroxyl groups excluding tert-OH is 1. The van der Waals surface area contributed by atoms with Gasteiger partial charge in [-0.05, 0) is 19.3 Å². The molecule has 1 saturated carbocycles. The molecule has 0 spiro atoms. The summed E-state index contributed by atoms with van der Waals surface area (Å²) < 4.78 is 10.8. The lowest BCUT2D eigenvalue weighted by Crippen LogP contribution is -2.10. The minimum atomic E-state index is -3.13. The molecule has 4 rings (SSSR count). The predicted molar refractivity (Wildman–Crippen MR) is 93.2 cm³/mol. The first-order chi connectivity index (χ1) is 12.0. The van der Waals surface area contributed by atoms with Gasteiger partial charge in [0.15, 0.2) is 17.0 Å². The van der Waals surface area contributed by atoms with Crippen molar-refractivity contribution in [3.05, 3.63) is 18.5 Å². The van der Waals surface area contributed by atoms with Crippen LogP contribution < -0.4 is 11.1 Å². The van der Waals surface area contributed by atoms with Crippen molar-refractivity contribution in [2.24, 2.45) is 5.92 Å². The van der Waals surface area contributed by atoms with Gasteiger partial charge >= 0.3 is 8.25 Å².